The first kappa shape index (κ1) is 17.5. The number of unbranched alkanes of at least 4 members (excludes halogenated alkanes) is 2. The van der Waals surface area contributed by atoms with Crippen LogP contribution in [0.5, 0.6) is 0 Å². The lowest BCUT2D eigenvalue weighted by molar-refractivity contribution is -0.143. The van der Waals surface area contributed by atoms with E-state index in [1.807, 2.05) is 6.92 Å². The molecule has 0 aliphatic heterocycles. The predicted molar refractivity (Wildman–Crippen MR) is 90.2 cm³/mol. The van der Waals surface area contributed by atoms with Crippen molar-refractivity contribution in [3.8, 4) is 0 Å². The standard InChI is InChI=1S/C15H21Br2NO2/c1-3-20-14(19)7-5-4-6-8-18-15-12(16)9-11(2)10-13(15)17/h9-10,18H,3-8H2,1-2H3. The van der Waals surface area contributed by atoms with Crippen LogP contribution in [0.1, 0.15) is 38.2 Å². The molecule has 0 unspecified atom stereocenters. The van der Waals surface area contributed by atoms with Gasteiger partial charge in [0.05, 0.1) is 12.3 Å². The Kier molecular flexibility index (Phi) is 8.22. The van der Waals surface area contributed by atoms with Crippen LogP contribution in [0.4, 0.5) is 5.69 Å². The third kappa shape index (κ3) is 6.27. The highest BCUT2D eigenvalue weighted by atomic mass is 79.9. The summed E-state index contributed by atoms with van der Waals surface area (Å²) in [6.07, 6.45) is 3.46. The van der Waals surface area contributed by atoms with Crippen LogP contribution in [0.3, 0.4) is 0 Å². The largest absolute Gasteiger partial charge is 0.466 e. The molecule has 0 saturated carbocycles. The fraction of sp³-hybridized carbons (Fsp3) is 0.533. The van der Waals surface area contributed by atoms with Gasteiger partial charge in [0.15, 0.2) is 0 Å². The minimum atomic E-state index is -0.0931. The van der Waals surface area contributed by atoms with E-state index in [1.165, 1.54) is 5.56 Å². The number of carbonyl (C=O) groups is 1. The van der Waals surface area contributed by atoms with E-state index < -0.39 is 0 Å². The number of benzene rings is 1. The molecule has 0 saturated heterocycles. The average Bonchev–Trinajstić information content (AvgIpc) is 2.36. The van der Waals surface area contributed by atoms with Gasteiger partial charge in [-0.2, -0.15) is 0 Å². The molecule has 0 fully saturated rings. The number of esters is 1. The second kappa shape index (κ2) is 9.40. The molecule has 0 aromatic heterocycles. The monoisotopic (exact) mass is 405 g/mol. The van der Waals surface area contributed by atoms with Crippen LogP contribution in [-0.4, -0.2) is 19.1 Å². The van der Waals surface area contributed by atoms with Crippen molar-refractivity contribution in [3.63, 3.8) is 0 Å². The van der Waals surface area contributed by atoms with Gasteiger partial charge >= 0.3 is 5.97 Å². The molecule has 20 heavy (non-hydrogen) atoms. The van der Waals surface area contributed by atoms with Crippen LogP contribution in [0, 0.1) is 6.92 Å². The topological polar surface area (TPSA) is 38.3 Å². The lowest BCUT2D eigenvalue weighted by atomic mass is 10.2. The van der Waals surface area contributed by atoms with E-state index in [-0.39, 0.29) is 5.97 Å². The predicted octanol–water partition coefficient (Wildman–Crippen LogP) is 5.06. The number of nitrogens with one attached hydrogen (secondary N) is 1. The van der Waals surface area contributed by atoms with Gasteiger partial charge in [0, 0.05) is 21.9 Å². The number of carbonyl (C=O) groups excluding carboxylic acids is 1. The summed E-state index contributed by atoms with van der Waals surface area (Å²) >= 11 is 7.13. The van der Waals surface area contributed by atoms with E-state index in [0.717, 1.165) is 40.4 Å². The van der Waals surface area contributed by atoms with E-state index in [0.29, 0.717) is 13.0 Å². The van der Waals surface area contributed by atoms with Crippen molar-refractivity contribution < 1.29 is 9.53 Å². The maximum atomic E-state index is 11.2. The van der Waals surface area contributed by atoms with Gasteiger partial charge in [-0.05, 0) is 76.2 Å². The third-order valence-electron chi connectivity index (χ3n) is 2.85. The van der Waals surface area contributed by atoms with E-state index in [9.17, 15) is 4.79 Å². The molecule has 0 radical (unpaired) electrons. The molecular formula is C15H21Br2NO2. The van der Waals surface area contributed by atoms with Crippen LogP contribution in [0.25, 0.3) is 0 Å². The van der Waals surface area contributed by atoms with Crippen molar-refractivity contribution in [1.82, 2.24) is 0 Å². The lowest BCUT2D eigenvalue weighted by Crippen LogP contribution is -2.05. The molecule has 0 aliphatic rings. The molecule has 0 heterocycles. The summed E-state index contributed by atoms with van der Waals surface area (Å²) in [5.41, 5.74) is 2.30. The number of ether oxygens (including phenoxy) is 1. The molecule has 0 spiro atoms. The molecule has 112 valence electrons. The quantitative estimate of drug-likeness (QED) is 0.484. The summed E-state index contributed by atoms with van der Waals surface area (Å²) in [5.74, 6) is -0.0931. The number of rotatable bonds is 8. The minimum absolute atomic E-state index is 0.0931. The van der Waals surface area contributed by atoms with Crippen LogP contribution in [0.15, 0.2) is 21.1 Å². The van der Waals surface area contributed by atoms with Crippen LogP contribution in [-0.2, 0) is 9.53 Å². The first-order valence-corrected chi connectivity index (χ1v) is 8.48. The first-order chi connectivity index (χ1) is 9.54. The molecule has 0 amide bonds. The smallest absolute Gasteiger partial charge is 0.305 e. The Bertz CT molecular complexity index is 426. The van der Waals surface area contributed by atoms with Gasteiger partial charge in [0.25, 0.3) is 0 Å². The molecule has 1 rings (SSSR count). The maximum Gasteiger partial charge on any atom is 0.305 e. The number of halogens is 2. The van der Waals surface area contributed by atoms with Crippen molar-refractivity contribution in [2.75, 3.05) is 18.5 Å². The molecule has 3 nitrogen and oxygen atoms in total. The number of aryl methyl sites for hydroxylation is 1. The molecule has 5 heteroatoms. The van der Waals surface area contributed by atoms with Crippen molar-refractivity contribution in [1.29, 1.82) is 0 Å². The van der Waals surface area contributed by atoms with Crippen molar-refractivity contribution in [3.05, 3.63) is 26.6 Å². The number of hydrogen-bond acceptors (Lipinski definition) is 3. The lowest BCUT2D eigenvalue weighted by Gasteiger charge is -2.11. The van der Waals surface area contributed by atoms with Crippen LogP contribution in [0.2, 0.25) is 0 Å². The Balaban J connectivity index is 2.23. The molecule has 0 bridgehead atoms. The zero-order chi connectivity index (χ0) is 15.0. The Morgan fingerprint density at radius 3 is 2.45 bits per heavy atom. The highest BCUT2D eigenvalue weighted by Gasteiger charge is 2.05. The highest BCUT2D eigenvalue weighted by Crippen LogP contribution is 2.32. The van der Waals surface area contributed by atoms with Gasteiger partial charge in [0.1, 0.15) is 0 Å². The first-order valence-electron chi connectivity index (χ1n) is 6.89. The zero-order valence-corrected chi connectivity index (χ0v) is 15.1. The molecule has 1 aromatic rings. The van der Waals surface area contributed by atoms with Crippen LogP contribution < -0.4 is 5.32 Å². The Hall–Kier alpha value is -0.550. The fourth-order valence-corrected chi connectivity index (χ4v) is 3.58. The molecule has 0 atom stereocenters. The summed E-state index contributed by atoms with van der Waals surface area (Å²) < 4.78 is 7.02. The Labute approximate surface area is 137 Å². The summed E-state index contributed by atoms with van der Waals surface area (Å²) in [5, 5.41) is 3.41. The summed E-state index contributed by atoms with van der Waals surface area (Å²) in [6, 6.07) is 4.18. The highest BCUT2D eigenvalue weighted by molar-refractivity contribution is 9.11. The average molecular weight is 407 g/mol. The fourth-order valence-electron chi connectivity index (χ4n) is 1.89. The normalized spacial score (nSPS) is 10.4. The van der Waals surface area contributed by atoms with Gasteiger partial charge in [0.2, 0.25) is 0 Å². The second-order valence-electron chi connectivity index (χ2n) is 4.65. The van der Waals surface area contributed by atoms with Crippen molar-refractivity contribution in [2.45, 2.75) is 39.5 Å². The molecule has 1 aromatic carbocycles. The van der Waals surface area contributed by atoms with Gasteiger partial charge in [-0.1, -0.05) is 6.42 Å². The van der Waals surface area contributed by atoms with E-state index in [1.54, 1.807) is 0 Å². The van der Waals surface area contributed by atoms with Crippen molar-refractivity contribution >= 4 is 43.5 Å². The Morgan fingerprint density at radius 1 is 1.20 bits per heavy atom. The minimum Gasteiger partial charge on any atom is -0.466 e. The maximum absolute atomic E-state index is 11.2. The summed E-state index contributed by atoms with van der Waals surface area (Å²) in [4.78, 5) is 11.2. The molecular weight excluding hydrogens is 386 g/mol. The third-order valence-corrected chi connectivity index (χ3v) is 4.10. The van der Waals surface area contributed by atoms with Gasteiger partial charge in [-0.15, -0.1) is 0 Å². The van der Waals surface area contributed by atoms with E-state index in [2.05, 4.69) is 56.2 Å². The molecule has 0 aliphatic carbocycles. The second-order valence-corrected chi connectivity index (χ2v) is 6.35. The van der Waals surface area contributed by atoms with Crippen LogP contribution >= 0.6 is 31.9 Å². The van der Waals surface area contributed by atoms with Gasteiger partial charge < -0.3 is 10.1 Å². The van der Waals surface area contributed by atoms with Crippen molar-refractivity contribution in [2.24, 2.45) is 0 Å². The van der Waals surface area contributed by atoms with E-state index >= 15 is 0 Å². The number of hydrogen-bond donors (Lipinski definition) is 1. The summed E-state index contributed by atoms with van der Waals surface area (Å²) in [7, 11) is 0. The zero-order valence-electron chi connectivity index (χ0n) is 12.0. The summed E-state index contributed by atoms with van der Waals surface area (Å²) in [6.45, 7) is 5.26. The van der Waals surface area contributed by atoms with Gasteiger partial charge in [-0.3, -0.25) is 4.79 Å². The van der Waals surface area contributed by atoms with Gasteiger partial charge in [-0.25, -0.2) is 0 Å². The molecule has 1 N–H and O–H groups in total. The SMILES string of the molecule is CCOC(=O)CCCCCNc1c(Br)cc(C)cc1Br. The number of anilines is 1. The Morgan fingerprint density at radius 2 is 1.85 bits per heavy atom. The van der Waals surface area contributed by atoms with E-state index in [4.69, 9.17) is 4.74 Å².